The van der Waals surface area contributed by atoms with Crippen molar-refractivity contribution < 1.29 is 9.18 Å². The number of thioether (sulfide) groups is 1. The summed E-state index contributed by atoms with van der Waals surface area (Å²) in [6.45, 7) is 0. The molecule has 0 aliphatic carbocycles. The van der Waals surface area contributed by atoms with Crippen molar-refractivity contribution in [3.63, 3.8) is 0 Å². The van der Waals surface area contributed by atoms with E-state index in [2.05, 4.69) is 5.32 Å². The lowest BCUT2D eigenvalue weighted by Gasteiger charge is -2.24. The fraction of sp³-hybridized carbons (Fsp3) is 0.125. The van der Waals surface area contributed by atoms with E-state index in [4.69, 9.17) is 16.9 Å². The van der Waals surface area contributed by atoms with Gasteiger partial charge in [-0.3, -0.25) is 4.79 Å². The zero-order valence-corrected chi connectivity index (χ0v) is 12.8. The van der Waals surface area contributed by atoms with Crippen molar-refractivity contribution in [1.29, 1.82) is 5.26 Å². The molecule has 0 saturated heterocycles. The van der Waals surface area contributed by atoms with Crippen LogP contribution in [0.4, 0.5) is 10.1 Å². The zero-order valence-electron chi connectivity index (χ0n) is 11.3. The maximum absolute atomic E-state index is 13.9. The summed E-state index contributed by atoms with van der Waals surface area (Å²) in [6, 6.07) is 11.6. The molecule has 22 heavy (non-hydrogen) atoms. The Kier molecular flexibility index (Phi) is 4.06. The van der Waals surface area contributed by atoms with E-state index in [0.29, 0.717) is 21.8 Å². The van der Waals surface area contributed by atoms with E-state index in [1.807, 2.05) is 6.07 Å². The smallest absolute Gasteiger partial charge is 0.238 e. The number of hydrogen-bond donors (Lipinski definition) is 1. The van der Waals surface area contributed by atoms with Gasteiger partial charge in [-0.25, -0.2) is 4.39 Å². The Morgan fingerprint density at radius 1 is 1.36 bits per heavy atom. The van der Waals surface area contributed by atoms with Crippen LogP contribution in [0.5, 0.6) is 0 Å². The molecule has 110 valence electrons. The molecule has 1 unspecified atom stereocenters. The van der Waals surface area contributed by atoms with Gasteiger partial charge in [-0.2, -0.15) is 5.26 Å². The van der Waals surface area contributed by atoms with E-state index in [0.717, 1.165) is 4.90 Å². The minimum Gasteiger partial charge on any atom is -0.324 e. The highest BCUT2D eigenvalue weighted by Crippen LogP contribution is 2.38. The molecule has 0 aromatic heterocycles. The maximum Gasteiger partial charge on any atom is 0.238 e. The number of nitrogens with one attached hydrogen (secondary N) is 1. The normalized spacial score (nSPS) is 16.6. The van der Waals surface area contributed by atoms with Gasteiger partial charge in [0.15, 0.2) is 0 Å². The molecule has 0 radical (unpaired) electrons. The average Bonchev–Trinajstić information content (AvgIpc) is 2.51. The molecule has 0 spiro atoms. The fourth-order valence-electron chi connectivity index (χ4n) is 2.27. The van der Waals surface area contributed by atoms with Gasteiger partial charge in [0, 0.05) is 15.5 Å². The number of fused-ring (bicyclic) bond motifs is 1. The summed E-state index contributed by atoms with van der Waals surface area (Å²) >= 11 is 7.37. The van der Waals surface area contributed by atoms with Crippen LogP contribution in [0.2, 0.25) is 5.02 Å². The fourth-order valence-corrected chi connectivity index (χ4v) is 3.61. The summed E-state index contributed by atoms with van der Waals surface area (Å²) in [6.07, 6.45) is 0.210. The number of amides is 1. The first-order valence-electron chi connectivity index (χ1n) is 6.53. The highest BCUT2D eigenvalue weighted by molar-refractivity contribution is 8.01. The van der Waals surface area contributed by atoms with Crippen LogP contribution in [-0.2, 0) is 11.2 Å². The second-order valence-electron chi connectivity index (χ2n) is 4.82. The molecule has 2 aromatic rings. The molecule has 1 amide bonds. The van der Waals surface area contributed by atoms with Crippen LogP contribution in [-0.4, -0.2) is 11.2 Å². The number of halogens is 2. The second-order valence-corrected chi connectivity index (χ2v) is 6.47. The molecular weight excluding hydrogens is 323 g/mol. The summed E-state index contributed by atoms with van der Waals surface area (Å²) in [5.74, 6) is -0.626. The Morgan fingerprint density at radius 2 is 2.18 bits per heavy atom. The summed E-state index contributed by atoms with van der Waals surface area (Å²) in [5, 5.41) is 11.5. The standard InChI is InChI=1S/C16H10ClFN2OS/c17-11-2-1-3-12(18)10(11)7-15-16(21)20-13-6-9(8-19)4-5-14(13)22-15/h1-6,15H,7H2,(H,20,21). The van der Waals surface area contributed by atoms with Gasteiger partial charge in [-0.15, -0.1) is 11.8 Å². The molecule has 1 atom stereocenters. The lowest BCUT2D eigenvalue weighted by atomic mass is 10.1. The van der Waals surface area contributed by atoms with Gasteiger partial charge in [0.1, 0.15) is 5.82 Å². The number of carbonyl (C=O) groups is 1. The third-order valence-electron chi connectivity index (χ3n) is 3.38. The lowest BCUT2D eigenvalue weighted by molar-refractivity contribution is -0.115. The molecule has 6 heteroatoms. The lowest BCUT2D eigenvalue weighted by Crippen LogP contribution is -2.31. The van der Waals surface area contributed by atoms with Crippen molar-refractivity contribution in [3.8, 4) is 6.07 Å². The predicted molar refractivity (Wildman–Crippen MR) is 84.5 cm³/mol. The van der Waals surface area contributed by atoms with Crippen molar-refractivity contribution in [1.82, 2.24) is 0 Å². The van der Waals surface area contributed by atoms with Crippen LogP contribution in [0.25, 0.3) is 0 Å². The van der Waals surface area contributed by atoms with Crippen LogP contribution >= 0.6 is 23.4 Å². The van der Waals surface area contributed by atoms with Gasteiger partial charge in [-0.1, -0.05) is 17.7 Å². The molecule has 1 aliphatic rings. The molecule has 3 rings (SSSR count). The van der Waals surface area contributed by atoms with Crippen LogP contribution in [0.3, 0.4) is 0 Å². The monoisotopic (exact) mass is 332 g/mol. The van der Waals surface area contributed by atoms with E-state index in [-0.39, 0.29) is 12.3 Å². The Balaban J connectivity index is 1.88. The van der Waals surface area contributed by atoms with Gasteiger partial charge < -0.3 is 5.32 Å². The summed E-state index contributed by atoms with van der Waals surface area (Å²) in [4.78, 5) is 13.1. The molecule has 1 heterocycles. The molecule has 3 nitrogen and oxygen atoms in total. The molecular formula is C16H10ClFN2OS. The SMILES string of the molecule is N#Cc1ccc2c(c1)NC(=O)C(Cc1c(F)cccc1Cl)S2. The Labute approximate surface area is 136 Å². The number of nitrogens with zero attached hydrogens (tertiary/aromatic N) is 1. The first kappa shape index (κ1) is 14.9. The van der Waals surface area contributed by atoms with Crippen molar-refractivity contribution in [2.45, 2.75) is 16.6 Å². The van der Waals surface area contributed by atoms with E-state index in [9.17, 15) is 9.18 Å². The zero-order chi connectivity index (χ0) is 15.7. The minimum atomic E-state index is -0.463. The number of benzene rings is 2. The Hall–Kier alpha value is -2.03. The minimum absolute atomic E-state index is 0.210. The average molecular weight is 333 g/mol. The number of hydrogen-bond acceptors (Lipinski definition) is 3. The van der Waals surface area contributed by atoms with Gasteiger partial charge in [0.05, 0.1) is 22.6 Å². The molecule has 1 N–H and O–H groups in total. The van der Waals surface area contributed by atoms with E-state index in [1.165, 1.54) is 23.9 Å². The van der Waals surface area contributed by atoms with Gasteiger partial charge in [0.2, 0.25) is 5.91 Å². The summed E-state index contributed by atoms with van der Waals surface area (Å²) in [7, 11) is 0. The number of nitriles is 1. The molecule has 0 bridgehead atoms. The Morgan fingerprint density at radius 3 is 2.91 bits per heavy atom. The largest absolute Gasteiger partial charge is 0.324 e. The molecule has 1 aliphatic heterocycles. The van der Waals surface area contributed by atoms with Crippen molar-refractivity contribution in [2.24, 2.45) is 0 Å². The van der Waals surface area contributed by atoms with Gasteiger partial charge in [0.25, 0.3) is 0 Å². The first-order valence-corrected chi connectivity index (χ1v) is 7.79. The van der Waals surface area contributed by atoms with Crippen LogP contribution < -0.4 is 5.32 Å². The second kappa shape index (κ2) is 5.99. The van der Waals surface area contributed by atoms with Crippen LogP contribution in [0, 0.1) is 17.1 Å². The van der Waals surface area contributed by atoms with Crippen molar-refractivity contribution in [2.75, 3.05) is 5.32 Å². The van der Waals surface area contributed by atoms with Crippen LogP contribution in [0.1, 0.15) is 11.1 Å². The number of rotatable bonds is 2. The molecule has 0 saturated carbocycles. The van der Waals surface area contributed by atoms with Crippen molar-refractivity contribution >= 4 is 35.0 Å². The third-order valence-corrected chi connectivity index (χ3v) is 5.01. The summed E-state index contributed by atoms with van der Waals surface area (Å²) in [5.41, 5.74) is 1.44. The van der Waals surface area contributed by atoms with E-state index >= 15 is 0 Å². The van der Waals surface area contributed by atoms with Gasteiger partial charge in [-0.05, 0) is 36.8 Å². The first-order chi connectivity index (χ1) is 10.6. The van der Waals surface area contributed by atoms with E-state index < -0.39 is 11.1 Å². The van der Waals surface area contributed by atoms with Crippen LogP contribution in [0.15, 0.2) is 41.3 Å². The Bertz CT molecular complexity index is 783. The quantitative estimate of drug-likeness (QED) is 0.904. The topological polar surface area (TPSA) is 52.9 Å². The highest BCUT2D eigenvalue weighted by atomic mass is 35.5. The van der Waals surface area contributed by atoms with Gasteiger partial charge >= 0.3 is 0 Å². The molecule has 0 fully saturated rings. The predicted octanol–water partition coefficient (Wildman–Crippen LogP) is 4.01. The summed E-state index contributed by atoms with van der Waals surface area (Å²) < 4.78 is 13.9. The number of carbonyl (C=O) groups excluding carboxylic acids is 1. The maximum atomic E-state index is 13.9. The van der Waals surface area contributed by atoms with Crippen molar-refractivity contribution in [3.05, 3.63) is 58.4 Å². The highest BCUT2D eigenvalue weighted by Gasteiger charge is 2.28. The molecule has 2 aromatic carbocycles. The number of anilines is 1. The third kappa shape index (κ3) is 2.80. The van der Waals surface area contributed by atoms with E-state index in [1.54, 1.807) is 24.3 Å².